The molecule has 0 saturated carbocycles. The lowest BCUT2D eigenvalue weighted by molar-refractivity contribution is -0.101. The zero-order chi connectivity index (χ0) is 25.6. The van der Waals surface area contributed by atoms with Gasteiger partial charge >= 0.3 is 43.8 Å². The van der Waals surface area contributed by atoms with Gasteiger partial charge in [-0.25, -0.2) is 0 Å². The van der Waals surface area contributed by atoms with Crippen LogP contribution in [0.15, 0.2) is 0 Å². The van der Waals surface area contributed by atoms with E-state index in [-0.39, 0.29) is 0 Å². The smallest absolute Gasteiger partial charge is 0.416 e. The third-order valence-corrected chi connectivity index (χ3v) is 19.3. The Labute approximate surface area is 197 Å². The van der Waals surface area contributed by atoms with Crippen LogP contribution in [-0.4, -0.2) is 106 Å². The molecule has 12 nitrogen and oxygen atoms in total. The highest BCUT2D eigenvalue weighted by molar-refractivity contribution is 6.86. The molecule has 194 valence electrons. The lowest BCUT2D eigenvalue weighted by Crippen LogP contribution is -2.66. The first kappa shape index (κ1) is 32.6. The lowest BCUT2D eigenvalue weighted by atomic mass is 10.1. The second-order valence-corrected chi connectivity index (χ2v) is 24.2. The Kier molecular flexibility index (Phi) is 12.8. The van der Waals surface area contributed by atoms with Crippen LogP contribution in [0, 0.1) is 0 Å². The van der Waals surface area contributed by atoms with E-state index >= 15 is 0 Å². The van der Waals surface area contributed by atoms with Crippen molar-refractivity contribution < 1.29 is 53.6 Å². The Morgan fingerprint density at radius 2 is 0.938 bits per heavy atom. The van der Waals surface area contributed by atoms with Gasteiger partial charge in [0, 0.05) is 28.4 Å². The second-order valence-electron chi connectivity index (χ2n) is 8.53. The molecule has 0 fully saturated rings. The van der Waals surface area contributed by atoms with Gasteiger partial charge < -0.3 is 53.6 Å². The minimum atomic E-state index is -4.03. The first-order valence-electron chi connectivity index (χ1n) is 10.1. The van der Waals surface area contributed by atoms with E-state index in [1.54, 1.807) is 26.2 Å². The highest BCUT2D eigenvalue weighted by Crippen LogP contribution is 2.28. The van der Waals surface area contributed by atoms with Crippen molar-refractivity contribution >= 4 is 43.8 Å². The molecule has 0 amide bonds. The molecule has 0 saturated heterocycles. The van der Waals surface area contributed by atoms with E-state index in [2.05, 4.69) is 0 Å². The van der Waals surface area contributed by atoms with Gasteiger partial charge in [0.2, 0.25) is 0 Å². The zero-order valence-corrected chi connectivity index (χ0v) is 26.2. The summed E-state index contributed by atoms with van der Waals surface area (Å²) in [6.45, 7) is 13.4. The molecule has 0 spiro atoms. The monoisotopic (exact) mass is 554 g/mol. The average molecular weight is 555 g/mol. The van der Waals surface area contributed by atoms with Gasteiger partial charge in [0.1, 0.15) is 6.10 Å². The molecule has 0 unspecified atom stereocenters. The molecule has 32 heavy (non-hydrogen) atoms. The molecule has 0 aliphatic rings. The van der Waals surface area contributed by atoms with E-state index in [4.69, 9.17) is 38.6 Å². The molecular formula is C15H42O12Si5. The summed E-state index contributed by atoms with van der Waals surface area (Å²) >= 11 is 0. The fourth-order valence-corrected chi connectivity index (χ4v) is 21.3. The van der Waals surface area contributed by atoms with Crippen molar-refractivity contribution in [2.45, 2.75) is 71.4 Å². The molecule has 0 rings (SSSR count). The van der Waals surface area contributed by atoms with Crippen molar-refractivity contribution in [1.82, 2.24) is 0 Å². The minimum absolute atomic E-state index is 1.05. The summed E-state index contributed by atoms with van der Waals surface area (Å²) in [4.78, 5) is 10.2. The minimum Gasteiger partial charge on any atom is -0.416 e. The molecule has 3 N–H and O–H groups in total. The third-order valence-electron chi connectivity index (χ3n) is 3.84. The van der Waals surface area contributed by atoms with Gasteiger partial charge in [-0.15, -0.1) is 0 Å². The number of aliphatic hydroxyl groups is 2. The quantitative estimate of drug-likeness (QED) is 0.232. The molecule has 0 bridgehead atoms. The van der Waals surface area contributed by atoms with E-state index in [0.717, 1.165) is 0 Å². The first-order valence-corrected chi connectivity index (χ1v) is 21.8. The van der Waals surface area contributed by atoms with Crippen molar-refractivity contribution in [3.8, 4) is 0 Å². The van der Waals surface area contributed by atoms with Crippen LogP contribution in [0.1, 0.15) is 13.8 Å². The standard InChI is InChI=1S/C15H42O12Si5/c1-13(16)15(14(2)17)23-31(19-3,20-4)27-32(21-5,22-6)26-30(11,12)25-29(9,10)24-28(7,8)18/h13-18H,1-12H3/t13-,14+,15-. The van der Waals surface area contributed by atoms with Gasteiger partial charge in [-0.3, -0.25) is 0 Å². The van der Waals surface area contributed by atoms with Crippen molar-refractivity contribution in [2.24, 2.45) is 0 Å². The van der Waals surface area contributed by atoms with Crippen LogP contribution in [-0.2, 0) is 38.6 Å². The molecule has 0 heterocycles. The Morgan fingerprint density at radius 3 is 1.25 bits per heavy atom. The number of aliphatic hydroxyl groups excluding tert-OH is 2. The summed E-state index contributed by atoms with van der Waals surface area (Å²) in [5, 5.41) is 20.0. The van der Waals surface area contributed by atoms with Crippen LogP contribution >= 0.6 is 0 Å². The van der Waals surface area contributed by atoms with Gasteiger partial charge in [0.15, 0.2) is 0 Å². The van der Waals surface area contributed by atoms with Gasteiger partial charge in [0.05, 0.1) is 12.2 Å². The topological polar surface area (TPSA) is 144 Å². The Morgan fingerprint density at radius 1 is 0.562 bits per heavy atom. The first-order chi connectivity index (χ1) is 14.3. The molecule has 0 aliphatic heterocycles. The maximum absolute atomic E-state index is 10.2. The van der Waals surface area contributed by atoms with Crippen LogP contribution in [0.5, 0.6) is 0 Å². The van der Waals surface area contributed by atoms with Crippen molar-refractivity contribution in [3.63, 3.8) is 0 Å². The number of hydrogen-bond donors (Lipinski definition) is 3. The fourth-order valence-electron chi connectivity index (χ4n) is 3.01. The summed E-state index contributed by atoms with van der Waals surface area (Å²) in [6.07, 6.45) is -3.18. The molecule has 0 aliphatic carbocycles. The van der Waals surface area contributed by atoms with E-state index in [9.17, 15) is 15.0 Å². The van der Waals surface area contributed by atoms with Gasteiger partial charge in [-0.2, -0.15) is 0 Å². The highest BCUT2D eigenvalue weighted by Gasteiger charge is 2.62. The Bertz CT molecular complexity index is 541. The Hall–Kier alpha value is 0.604. The van der Waals surface area contributed by atoms with Gasteiger partial charge in [-0.05, 0) is 53.1 Å². The third kappa shape index (κ3) is 10.9. The zero-order valence-electron chi connectivity index (χ0n) is 21.2. The highest BCUT2D eigenvalue weighted by atomic mass is 28.5. The van der Waals surface area contributed by atoms with Gasteiger partial charge in [0.25, 0.3) is 0 Å². The summed E-state index contributed by atoms with van der Waals surface area (Å²) in [5.74, 6) is 0. The predicted molar refractivity (Wildman–Crippen MR) is 127 cm³/mol. The SMILES string of the molecule is CO[Si](OC)(O[C@@H]([C@H](C)O)[C@@H](C)O)O[Si](OC)(OC)O[Si](C)(C)O[Si](C)(C)O[Si](C)(C)O. The second kappa shape index (κ2) is 12.5. The summed E-state index contributed by atoms with van der Waals surface area (Å²) in [5.41, 5.74) is 0. The normalized spacial score (nSPS) is 17.3. The van der Waals surface area contributed by atoms with Crippen LogP contribution in [0.4, 0.5) is 0 Å². The molecule has 0 aromatic carbocycles. The lowest BCUT2D eigenvalue weighted by Gasteiger charge is -2.41. The molecule has 0 aromatic rings. The van der Waals surface area contributed by atoms with Gasteiger partial charge in [-0.1, -0.05) is 0 Å². The van der Waals surface area contributed by atoms with Crippen LogP contribution in [0.3, 0.4) is 0 Å². The molecule has 17 heteroatoms. The van der Waals surface area contributed by atoms with Crippen LogP contribution < -0.4 is 0 Å². The van der Waals surface area contributed by atoms with E-state index in [0.29, 0.717) is 0 Å². The van der Waals surface area contributed by atoms with E-state index in [1.165, 1.54) is 42.3 Å². The summed E-state index contributed by atoms with van der Waals surface area (Å²) in [7, 11) is -11.4. The fraction of sp³-hybridized carbons (Fsp3) is 1.00. The molecular weight excluding hydrogens is 513 g/mol. The van der Waals surface area contributed by atoms with E-state index in [1.807, 2.05) is 13.1 Å². The molecule has 3 atom stereocenters. The van der Waals surface area contributed by atoms with Crippen LogP contribution in [0.25, 0.3) is 0 Å². The molecule has 0 aromatic heterocycles. The Balaban J connectivity index is 5.87. The van der Waals surface area contributed by atoms with Crippen molar-refractivity contribution in [1.29, 1.82) is 0 Å². The number of hydrogen-bond acceptors (Lipinski definition) is 12. The summed E-state index contributed by atoms with van der Waals surface area (Å²) in [6, 6.07) is 0. The predicted octanol–water partition coefficient (Wildman–Crippen LogP) is 0.754. The molecule has 0 radical (unpaired) electrons. The van der Waals surface area contributed by atoms with E-state index < -0.39 is 62.1 Å². The maximum Gasteiger partial charge on any atom is 0.673 e. The van der Waals surface area contributed by atoms with Crippen LogP contribution in [0.2, 0.25) is 39.3 Å². The average Bonchev–Trinajstić information content (AvgIpc) is 2.60. The van der Waals surface area contributed by atoms with Crippen molar-refractivity contribution in [3.05, 3.63) is 0 Å². The largest absolute Gasteiger partial charge is 0.673 e. The van der Waals surface area contributed by atoms with Crippen molar-refractivity contribution in [2.75, 3.05) is 28.4 Å². The number of rotatable bonds is 16. The summed E-state index contributed by atoms with van der Waals surface area (Å²) < 4.78 is 52.0. The maximum atomic E-state index is 10.2.